The van der Waals surface area contributed by atoms with Crippen LogP contribution in [0.15, 0.2) is 29.3 Å². The van der Waals surface area contributed by atoms with E-state index in [0.717, 1.165) is 53.8 Å². The van der Waals surface area contributed by atoms with Gasteiger partial charge in [-0.3, -0.25) is 29.6 Å². The molecule has 394 valence electrons. The number of aromatic hydroxyl groups is 2. The van der Waals surface area contributed by atoms with Crippen LogP contribution in [0, 0.1) is 11.8 Å². The number of carboxylic acid groups (broad SMARTS) is 1. The molecule has 0 aliphatic heterocycles. The lowest BCUT2D eigenvalue weighted by molar-refractivity contribution is -0.120. The topological polar surface area (TPSA) is 283 Å². The lowest BCUT2D eigenvalue weighted by Gasteiger charge is -2.38. The van der Waals surface area contributed by atoms with Crippen molar-refractivity contribution >= 4 is 48.1 Å². The van der Waals surface area contributed by atoms with Crippen LogP contribution >= 0.6 is 0 Å². The summed E-state index contributed by atoms with van der Waals surface area (Å²) in [6.07, 6.45) is 7.14. The van der Waals surface area contributed by atoms with E-state index in [1.165, 1.54) is 18.1 Å². The van der Waals surface area contributed by atoms with E-state index >= 15 is 0 Å². The number of nitrogens with zero attached hydrogens (tertiary/aromatic N) is 4. The fraction of sp³-hybridized carbons (Fsp3) is 0.547. The molecule has 4 aliphatic carbocycles. The number of aromatic nitrogens is 4. The van der Waals surface area contributed by atoms with Gasteiger partial charge in [0.25, 0.3) is 0 Å². The highest BCUT2D eigenvalue weighted by Gasteiger charge is 2.40. The van der Waals surface area contributed by atoms with Crippen molar-refractivity contribution in [1.29, 1.82) is 0 Å². The minimum atomic E-state index is -0.916. The van der Waals surface area contributed by atoms with Gasteiger partial charge in [0.1, 0.15) is 29.1 Å². The zero-order valence-corrected chi connectivity index (χ0v) is 43.5. The average Bonchev–Trinajstić information content (AvgIpc) is 4.16. The number of phenols is 2. The number of aliphatic imine (C=N–C) groups is 1. The summed E-state index contributed by atoms with van der Waals surface area (Å²) in [5.41, 5.74) is 4.99. The molecule has 4 amide bonds. The number of ether oxygens (including phenoxy) is 3. The number of nitrogens with one attached hydrogen (secondary N) is 5. The third kappa shape index (κ3) is 12.6. The van der Waals surface area contributed by atoms with Gasteiger partial charge in [0.05, 0.1) is 19.8 Å². The van der Waals surface area contributed by atoms with Gasteiger partial charge in [-0.05, 0) is 142 Å². The summed E-state index contributed by atoms with van der Waals surface area (Å²) >= 11 is 0. The Hall–Kier alpha value is -7.12. The zero-order valence-electron chi connectivity index (χ0n) is 43.5. The summed E-state index contributed by atoms with van der Waals surface area (Å²) in [5.74, 6) is 1.02. The fourth-order valence-electron chi connectivity index (χ4n) is 10.7. The van der Waals surface area contributed by atoms with E-state index in [1.54, 1.807) is 25.5 Å². The number of aldehydes is 1. The first-order valence-corrected chi connectivity index (χ1v) is 25.0. The van der Waals surface area contributed by atoms with Crippen LogP contribution < -0.4 is 25.4 Å². The molecule has 0 bridgehead atoms. The summed E-state index contributed by atoms with van der Waals surface area (Å²) in [7, 11) is 3.05. The van der Waals surface area contributed by atoms with Crippen LogP contribution in [0.2, 0.25) is 0 Å². The van der Waals surface area contributed by atoms with Crippen LogP contribution in [0.25, 0.3) is 0 Å². The number of H-pyrrole nitrogens is 2. The molecule has 8 rings (SSSR count). The number of anilines is 2. The Bertz CT molecular complexity index is 2730. The van der Waals surface area contributed by atoms with Crippen LogP contribution in [0.5, 0.6) is 23.0 Å². The van der Waals surface area contributed by atoms with E-state index in [1.807, 2.05) is 61.5 Å². The van der Waals surface area contributed by atoms with Gasteiger partial charge in [-0.2, -0.15) is 10.2 Å². The number of fused-ring (bicyclic) bond motifs is 2. The molecule has 0 radical (unpaired) electrons. The molecule has 8 N–H and O–H groups in total. The van der Waals surface area contributed by atoms with Crippen LogP contribution in [-0.2, 0) is 40.0 Å². The third-order valence-electron chi connectivity index (χ3n) is 14.1. The molecular weight excluding hydrogens is 939 g/mol. The van der Waals surface area contributed by atoms with Crippen molar-refractivity contribution in [1.82, 2.24) is 30.6 Å². The molecule has 2 aromatic heterocycles. The lowest BCUT2D eigenvalue weighted by Crippen LogP contribution is -2.50. The summed E-state index contributed by atoms with van der Waals surface area (Å²) < 4.78 is 16.4. The van der Waals surface area contributed by atoms with Gasteiger partial charge in [-0.15, -0.1) is 0 Å². The van der Waals surface area contributed by atoms with Crippen LogP contribution in [0.4, 0.5) is 21.2 Å². The summed E-state index contributed by atoms with van der Waals surface area (Å²) in [6.45, 7) is 15.4. The highest BCUT2D eigenvalue weighted by Crippen LogP contribution is 2.43. The van der Waals surface area contributed by atoms with E-state index in [2.05, 4.69) is 41.3 Å². The van der Waals surface area contributed by atoms with Gasteiger partial charge in [0, 0.05) is 94.3 Å². The predicted molar refractivity (Wildman–Crippen MR) is 273 cm³/mol. The Labute approximate surface area is 425 Å². The maximum Gasteiger partial charge on any atom is 0.407 e. The number of carbonyl (C=O) groups is 5. The summed E-state index contributed by atoms with van der Waals surface area (Å²) in [6, 6.07) is 6.67. The number of phenolic OH excluding ortho intramolecular Hbond substituents is 2. The van der Waals surface area contributed by atoms with Crippen molar-refractivity contribution < 1.29 is 53.5 Å². The average molecular weight is 1010 g/mol. The molecule has 20 nitrogen and oxygen atoms in total. The molecule has 2 heterocycles. The van der Waals surface area contributed by atoms with E-state index < -0.39 is 23.6 Å². The second-order valence-corrected chi connectivity index (χ2v) is 21.9. The standard InChI is InChI=1S/C28H39N5O5.C25H32N4O6/c1-15(2)29-14-21-19-10-17(11-20(19)24(37-6)13-23(21)34)26(35)30-25-12-22(32-33-25)16-7-8-18(9-16)38-27(36)31-28(3,4)5;1-25(2,3)29(24(33)34)15-6-5-13(7-15)19-10-22(28-27-19)26-23(32)14-8-16-17(9-14)21(35-4)11-20(31)18(16)12-30/h12-18,34H,7-11H2,1-6H3,(H,31,36)(H2,30,32,33,35);10-15,31H,5-9H2,1-4H3,(H,33,34)(H2,26,27,28,32)/b29-14+;/t16-,17-,18+;13-,14-,15+/m00/s1. The number of carbonyl (C=O) groups excluding carboxylic acids is 4. The van der Waals surface area contributed by atoms with Gasteiger partial charge in [0.2, 0.25) is 11.8 Å². The molecule has 2 aromatic carbocycles. The number of methoxy groups -OCH3 is 2. The van der Waals surface area contributed by atoms with E-state index in [9.17, 15) is 39.3 Å². The number of hydrogen-bond acceptors (Lipinski definition) is 13. The second-order valence-electron chi connectivity index (χ2n) is 21.9. The highest BCUT2D eigenvalue weighted by atomic mass is 16.6. The minimum absolute atomic E-state index is 0.0748. The first-order valence-electron chi connectivity index (χ1n) is 25.0. The van der Waals surface area contributed by atoms with Crippen molar-refractivity contribution in [3.8, 4) is 23.0 Å². The first-order chi connectivity index (χ1) is 34.5. The van der Waals surface area contributed by atoms with Crippen molar-refractivity contribution in [2.75, 3.05) is 24.9 Å². The maximum absolute atomic E-state index is 13.2. The smallest absolute Gasteiger partial charge is 0.407 e. The molecule has 2 fully saturated rings. The van der Waals surface area contributed by atoms with E-state index in [4.69, 9.17) is 14.2 Å². The molecular formula is C53H71N9O11. The molecule has 0 unspecified atom stereocenters. The molecule has 0 spiro atoms. The lowest BCUT2D eigenvalue weighted by atomic mass is 10.0. The number of hydrogen-bond donors (Lipinski definition) is 8. The number of rotatable bonds is 13. The number of benzene rings is 2. The fourth-order valence-corrected chi connectivity index (χ4v) is 10.7. The Balaban J connectivity index is 0.000000214. The molecule has 6 atom stereocenters. The quantitative estimate of drug-likeness (QED) is 0.0464. The van der Waals surface area contributed by atoms with Gasteiger partial charge < -0.3 is 50.4 Å². The van der Waals surface area contributed by atoms with Crippen molar-refractivity contribution in [2.24, 2.45) is 16.8 Å². The number of aromatic amines is 2. The van der Waals surface area contributed by atoms with Crippen LogP contribution in [-0.4, -0.2) is 121 Å². The van der Waals surface area contributed by atoms with Gasteiger partial charge in [0.15, 0.2) is 17.9 Å². The summed E-state index contributed by atoms with van der Waals surface area (Å²) in [4.78, 5) is 67.6. The predicted octanol–water partition coefficient (Wildman–Crippen LogP) is 8.17. The van der Waals surface area contributed by atoms with Crippen LogP contribution in [0.1, 0.15) is 155 Å². The Morgan fingerprint density at radius 3 is 1.71 bits per heavy atom. The zero-order chi connectivity index (χ0) is 53.1. The molecule has 4 aliphatic rings. The van der Waals surface area contributed by atoms with Gasteiger partial charge in [-0.25, -0.2) is 9.59 Å². The first kappa shape index (κ1) is 53.7. The Kier molecular flexibility index (Phi) is 16.1. The van der Waals surface area contributed by atoms with Crippen molar-refractivity contribution in [2.45, 2.75) is 161 Å². The molecule has 0 saturated heterocycles. The third-order valence-corrected chi connectivity index (χ3v) is 14.1. The highest BCUT2D eigenvalue weighted by molar-refractivity contribution is 5.95. The molecule has 20 heteroatoms. The van der Waals surface area contributed by atoms with Gasteiger partial charge in [-0.1, -0.05) is 0 Å². The summed E-state index contributed by atoms with van der Waals surface area (Å²) in [5, 5.41) is 53.6. The van der Waals surface area contributed by atoms with Crippen LogP contribution in [0.3, 0.4) is 0 Å². The minimum Gasteiger partial charge on any atom is -0.507 e. The SMILES string of the molecule is COc1cc(O)c(/C=N/C(C)C)c2c1C[C@@H](C(=O)Nc1cc([C@H]3CC[C@@H](OC(=O)NC(C)(C)C)C3)[nH]n1)C2.COc1cc(O)c(C=O)c2c1C[C@@H](C(=O)Nc1cc([C@H]3CC[C@@H](N(C(=O)O)C(C)(C)C)C3)[nH]n1)C2. The number of alkyl carbamates (subject to hydrolysis) is 1. The normalized spacial score (nSPS) is 21.2. The molecule has 73 heavy (non-hydrogen) atoms. The Morgan fingerprint density at radius 1 is 0.740 bits per heavy atom. The second kappa shape index (κ2) is 21.9. The van der Waals surface area contributed by atoms with E-state index in [0.29, 0.717) is 79.1 Å². The largest absolute Gasteiger partial charge is 0.507 e. The Morgan fingerprint density at radius 2 is 1.23 bits per heavy atom. The van der Waals surface area contributed by atoms with Gasteiger partial charge >= 0.3 is 12.2 Å². The molecule has 2 saturated carbocycles. The number of amides is 4. The van der Waals surface area contributed by atoms with E-state index in [-0.39, 0.29) is 70.4 Å². The van der Waals surface area contributed by atoms with Crippen molar-refractivity contribution in [3.05, 3.63) is 69.0 Å². The maximum atomic E-state index is 13.2. The molecule has 4 aromatic rings. The van der Waals surface area contributed by atoms with Crippen molar-refractivity contribution in [3.63, 3.8) is 0 Å². The monoisotopic (exact) mass is 1010 g/mol.